The van der Waals surface area contributed by atoms with Crippen molar-refractivity contribution in [3.8, 4) is 0 Å². The number of nitrogens with one attached hydrogen (secondary N) is 1. The van der Waals surface area contributed by atoms with Crippen LogP contribution in [-0.2, 0) is 10.8 Å². The molecule has 1 aromatic carbocycles. The van der Waals surface area contributed by atoms with Crippen molar-refractivity contribution in [1.29, 1.82) is 0 Å². The van der Waals surface area contributed by atoms with Gasteiger partial charge in [0.25, 0.3) is 0 Å². The zero-order valence-electron chi connectivity index (χ0n) is 9.57. The van der Waals surface area contributed by atoms with Crippen LogP contribution in [0, 0.1) is 0 Å². The van der Waals surface area contributed by atoms with Gasteiger partial charge in [0.05, 0.1) is 26.3 Å². The van der Waals surface area contributed by atoms with Crippen molar-refractivity contribution < 1.29 is 4.21 Å². The van der Waals surface area contributed by atoms with Crippen molar-refractivity contribution in [2.24, 2.45) is 0 Å². The fraction of sp³-hybridized carbons (Fsp3) is 0.143. The van der Waals surface area contributed by atoms with E-state index >= 15 is 0 Å². The fourth-order valence-electron chi connectivity index (χ4n) is 2.12. The molecule has 17 heavy (non-hydrogen) atoms. The largest absolute Gasteiger partial charge is 0.357 e. The van der Waals surface area contributed by atoms with Gasteiger partial charge in [0.2, 0.25) is 0 Å². The Bertz CT molecular complexity index is 596. The van der Waals surface area contributed by atoms with Crippen molar-refractivity contribution in [1.82, 2.24) is 0 Å². The first-order valence-electron chi connectivity index (χ1n) is 5.60. The third kappa shape index (κ3) is 1.76. The molecule has 1 N–H and O–H groups in total. The van der Waals surface area contributed by atoms with Gasteiger partial charge in [-0.3, -0.25) is 0 Å². The number of anilines is 1. The van der Waals surface area contributed by atoms with Crippen LogP contribution in [0.2, 0.25) is 0 Å². The lowest BCUT2D eigenvalue weighted by atomic mass is 10.1. The Hall–Kier alpha value is -1.61. The van der Waals surface area contributed by atoms with Crippen molar-refractivity contribution in [3.63, 3.8) is 0 Å². The molecule has 1 atom stereocenters. The maximum atomic E-state index is 12.4. The number of fused-ring (bicyclic) bond motifs is 1. The summed E-state index contributed by atoms with van der Waals surface area (Å²) in [5, 5.41) is 3.39. The van der Waals surface area contributed by atoms with Gasteiger partial charge in [-0.1, -0.05) is 29.9 Å². The molecule has 0 fully saturated rings. The second kappa shape index (κ2) is 4.00. The van der Waals surface area contributed by atoms with Gasteiger partial charge in [0.15, 0.2) is 0 Å². The average Bonchev–Trinajstić information content (AvgIpc) is 2.51. The van der Waals surface area contributed by atoms with Gasteiger partial charge in [-0.25, -0.2) is 4.21 Å². The normalized spacial score (nSPS) is 22.2. The monoisotopic (exact) mass is 243 g/mol. The highest BCUT2D eigenvalue weighted by Gasteiger charge is 2.23. The molecule has 0 saturated heterocycles. The molecule has 0 aromatic heterocycles. The summed E-state index contributed by atoms with van der Waals surface area (Å²) < 4.78 is 12.4. The van der Waals surface area contributed by atoms with E-state index in [-0.39, 0.29) is 0 Å². The van der Waals surface area contributed by atoms with Crippen molar-refractivity contribution >= 4 is 16.5 Å². The highest BCUT2D eigenvalue weighted by molar-refractivity contribution is 7.89. The molecule has 2 nitrogen and oxygen atoms in total. The number of hydrogen-bond acceptors (Lipinski definition) is 2. The lowest BCUT2D eigenvalue weighted by Gasteiger charge is -2.22. The molecule has 2 aliphatic rings. The zero-order valence-corrected chi connectivity index (χ0v) is 10.4. The van der Waals surface area contributed by atoms with Gasteiger partial charge in [-0.2, -0.15) is 0 Å². The Labute approximate surface area is 103 Å². The molecule has 0 bridgehead atoms. The van der Waals surface area contributed by atoms with Crippen LogP contribution in [0.25, 0.3) is 0 Å². The summed E-state index contributed by atoms with van der Waals surface area (Å²) in [6.07, 6.45) is 6.83. The molecule has 86 valence electrons. The van der Waals surface area contributed by atoms with Crippen LogP contribution >= 0.6 is 0 Å². The summed E-state index contributed by atoms with van der Waals surface area (Å²) in [6.45, 7) is 2.09. The van der Waals surface area contributed by atoms with Crippen LogP contribution in [0.3, 0.4) is 0 Å². The maximum Gasteiger partial charge on any atom is 0.0888 e. The molecular formula is C14H13NOS. The molecule has 0 saturated carbocycles. The van der Waals surface area contributed by atoms with Crippen molar-refractivity contribution in [2.75, 3.05) is 5.32 Å². The fourth-order valence-corrected chi connectivity index (χ4v) is 3.42. The van der Waals surface area contributed by atoms with Gasteiger partial charge in [-0.05, 0) is 25.1 Å². The Kier molecular flexibility index (Phi) is 2.48. The molecule has 1 aliphatic heterocycles. The van der Waals surface area contributed by atoms with E-state index in [0.29, 0.717) is 0 Å². The first-order chi connectivity index (χ1) is 8.25. The van der Waals surface area contributed by atoms with Crippen molar-refractivity contribution in [2.45, 2.75) is 18.2 Å². The molecule has 3 heteroatoms. The van der Waals surface area contributed by atoms with Crippen LogP contribution in [0.5, 0.6) is 0 Å². The quantitative estimate of drug-likeness (QED) is 0.757. The zero-order chi connectivity index (χ0) is 11.8. The van der Waals surface area contributed by atoms with E-state index in [1.54, 1.807) is 0 Å². The molecule has 1 unspecified atom stereocenters. The summed E-state index contributed by atoms with van der Waals surface area (Å²) in [7, 11) is -1.06. The summed E-state index contributed by atoms with van der Waals surface area (Å²) >= 11 is 0. The Morgan fingerprint density at radius 3 is 3.00 bits per heavy atom. The highest BCUT2D eigenvalue weighted by atomic mass is 32.2. The first kappa shape index (κ1) is 10.5. The van der Waals surface area contributed by atoms with Gasteiger partial charge in [0.1, 0.15) is 0 Å². The summed E-state index contributed by atoms with van der Waals surface area (Å²) in [5.41, 5.74) is 3.30. The summed E-state index contributed by atoms with van der Waals surface area (Å²) in [4.78, 5) is 1.77. The van der Waals surface area contributed by atoms with Gasteiger partial charge >= 0.3 is 0 Å². The maximum absolute atomic E-state index is 12.4. The summed E-state index contributed by atoms with van der Waals surface area (Å²) in [6, 6.07) is 7.78. The smallest absolute Gasteiger partial charge is 0.0888 e. The van der Waals surface area contributed by atoms with Gasteiger partial charge < -0.3 is 5.32 Å². The minimum Gasteiger partial charge on any atom is -0.357 e. The molecule has 0 radical (unpaired) electrons. The van der Waals surface area contributed by atoms with E-state index in [4.69, 9.17) is 0 Å². The molecule has 3 rings (SSSR count). The average molecular weight is 243 g/mol. The second-order valence-corrected chi connectivity index (χ2v) is 5.70. The van der Waals surface area contributed by atoms with Crippen LogP contribution in [0.15, 0.2) is 63.6 Å². The molecule has 0 spiro atoms. The van der Waals surface area contributed by atoms with Crippen LogP contribution in [-0.4, -0.2) is 4.21 Å². The highest BCUT2D eigenvalue weighted by Crippen LogP contribution is 2.35. The number of rotatable bonds is 0. The van der Waals surface area contributed by atoms with Crippen LogP contribution in [0.1, 0.15) is 13.3 Å². The van der Waals surface area contributed by atoms with E-state index in [0.717, 1.165) is 27.6 Å². The van der Waals surface area contributed by atoms with E-state index in [1.165, 1.54) is 5.57 Å². The molecule has 1 aliphatic carbocycles. The van der Waals surface area contributed by atoms with E-state index in [1.807, 2.05) is 36.4 Å². The lowest BCUT2D eigenvalue weighted by molar-refractivity contribution is 0.686. The Morgan fingerprint density at radius 2 is 2.12 bits per heavy atom. The number of benzene rings is 1. The third-order valence-electron chi connectivity index (χ3n) is 2.95. The topological polar surface area (TPSA) is 29.1 Å². The summed E-state index contributed by atoms with van der Waals surface area (Å²) in [5.74, 6) is 0. The predicted octanol–water partition coefficient (Wildman–Crippen LogP) is 3.34. The molecular weight excluding hydrogens is 230 g/mol. The third-order valence-corrected chi connectivity index (χ3v) is 4.49. The van der Waals surface area contributed by atoms with Crippen LogP contribution in [0.4, 0.5) is 5.69 Å². The van der Waals surface area contributed by atoms with E-state index < -0.39 is 10.8 Å². The van der Waals surface area contributed by atoms with E-state index in [2.05, 4.69) is 18.3 Å². The number of hydrogen-bond donors (Lipinski definition) is 1. The Morgan fingerprint density at radius 1 is 1.29 bits per heavy atom. The first-order valence-corrected chi connectivity index (χ1v) is 6.75. The van der Waals surface area contributed by atoms with E-state index in [9.17, 15) is 4.21 Å². The lowest BCUT2D eigenvalue weighted by Crippen LogP contribution is -2.14. The SMILES string of the molecule is CC1=CC=CC2=C(C1)Nc1ccccc1S2=O. The number of allylic oxidation sites excluding steroid dienone is 4. The molecule has 1 aromatic rings. The predicted molar refractivity (Wildman–Crippen MR) is 71.0 cm³/mol. The Balaban J connectivity index is 2.12. The molecule has 0 amide bonds. The number of para-hydroxylation sites is 1. The molecule has 1 heterocycles. The minimum atomic E-state index is -1.06. The minimum absolute atomic E-state index is 0.836. The van der Waals surface area contributed by atoms with Crippen LogP contribution < -0.4 is 5.32 Å². The second-order valence-electron chi connectivity index (χ2n) is 4.28. The van der Waals surface area contributed by atoms with Gasteiger partial charge in [-0.15, -0.1) is 0 Å². The van der Waals surface area contributed by atoms with Gasteiger partial charge in [0, 0.05) is 12.1 Å². The standard InChI is InChI=1S/C14H13NOS/c1-10-5-4-8-14-12(9-10)15-11-6-2-3-7-13(11)17(14)16/h2-8,15H,9H2,1H3. The van der Waals surface area contributed by atoms with Crippen molar-refractivity contribution in [3.05, 3.63) is 58.7 Å².